The quantitative estimate of drug-likeness (QED) is 0.411. The Hall–Kier alpha value is -2.60. The minimum atomic E-state index is -0.647. The number of anilines is 1. The zero-order chi connectivity index (χ0) is 25.2. The van der Waals surface area contributed by atoms with Gasteiger partial charge in [-0.1, -0.05) is 75.6 Å². The van der Waals surface area contributed by atoms with Gasteiger partial charge in [0.05, 0.1) is 5.69 Å². The molecule has 0 bridgehead atoms. The van der Waals surface area contributed by atoms with E-state index in [0.717, 1.165) is 60.0 Å². The minimum Gasteiger partial charge on any atom is -0.345 e. The molecule has 0 aromatic heterocycles. The molecule has 6 heteroatoms. The Morgan fingerprint density at radius 1 is 0.971 bits per heavy atom. The molecule has 1 N–H and O–H groups in total. The third-order valence-corrected chi connectivity index (χ3v) is 7.51. The number of amides is 2. The number of benzene rings is 2. The van der Waals surface area contributed by atoms with Crippen molar-refractivity contribution >= 4 is 34.4 Å². The van der Waals surface area contributed by atoms with Crippen molar-refractivity contribution in [1.29, 1.82) is 0 Å². The Labute approximate surface area is 214 Å². The SMILES string of the molecule is CC(=O)NC(Cc1ccccc1)C(=O)Sc1ccccc1N(CCC(C)C)C(=O)C1CCCCC1. The molecular formula is C29H38N2O3S. The number of para-hydroxylation sites is 1. The van der Waals surface area contributed by atoms with Crippen molar-refractivity contribution in [3.63, 3.8) is 0 Å². The molecule has 1 aliphatic carbocycles. The standard InChI is InChI=1S/C29H38N2O3S/c1-21(2)18-19-31(28(33)24-14-8-5-9-15-24)26-16-10-11-17-27(26)35-29(34)25(30-22(3)32)20-23-12-6-4-7-13-23/h4,6-7,10-13,16-17,21,24-25H,5,8-9,14-15,18-20H2,1-3H3,(H,30,32). The highest BCUT2D eigenvalue weighted by atomic mass is 32.2. The molecule has 2 aromatic carbocycles. The Morgan fingerprint density at radius 3 is 2.29 bits per heavy atom. The zero-order valence-corrected chi connectivity index (χ0v) is 22.0. The number of rotatable bonds is 10. The lowest BCUT2D eigenvalue weighted by Crippen LogP contribution is -2.40. The van der Waals surface area contributed by atoms with Gasteiger partial charge in [-0.25, -0.2) is 0 Å². The summed E-state index contributed by atoms with van der Waals surface area (Å²) in [4.78, 5) is 41.6. The monoisotopic (exact) mass is 494 g/mol. The van der Waals surface area contributed by atoms with Crippen molar-refractivity contribution in [3.8, 4) is 0 Å². The van der Waals surface area contributed by atoms with Gasteiger partial charge in [-0.3, -0.25) is 14.4 Å². The number of thioether (sulfide) groups is 1. The van der Waals surface area contributed by atoms with E-state index in [-0.39, 0.29) is 22.8 Å². The van der Waals surface area contributed by atoms with Crippen LogP contribution in [0.25, 0.3) is 0 Å². The van der Waals surface area contributed by atoms with Gasteiger partial charge < -0.3 is 10.2 Å². The number of carbonyl (C=O) groups is 3. The van der Waals surface area contributed by atoms with Gasteiger partial charge in [-0.05, 0) is 54.6 Å². The Kier molecular flexibility index (Phi) is 10.4. The van der Waals surface area contributed by atoms with Gasteiger partial charge in [-0.15, -0.1) is 0 Å². The summed E-state index contributed by atoms with van der Waals surface area (Å²) in [5.74, 6) is 0.454. The highest BCUT2D eigenvalue weighted by molar-refractivity contribution is 8.14. The van der Waals surface area contributed by atoms with Crippen LogP contribution in [-0.2, 0) is 20.8 Å². The molecule has 0 saturated heterocycles. The van der Waals surface area contributed by atoms with Crippen LogP contribution in [0.5, 0.6) is 0 Å². The highest BCUT2D eigenvalue weighted by Gasteiger charge is 2.29. The van der Waals surface area contributed by atoms with Crippen LogP contribution in [0.1, 0.15) is 64.9 Å². The van der Waals surface area contributed by atoms with Gasteiger partial charge in [0.2, 0.25) is 16.9 Å². The first-order valence-corrected chi connectivity index (χ1v) is 13.6. The first-order valence-electron chi connectivity index (χ1n) is 12.8. The summed E-state index contributed by atoms with van der Waals surface area (Å²) in [5, 5.41) is 2.69. The summed E-state index contributed by atoms with van der Waals surface area (Å²) in [6.07, 6.45) is 6.59. The van der Waals surface area contributed by atoms with Gasteiger partial charge in [0.1, 0.15) is 6.04 Å². The molecule has 1 unspecified atom stereocenters. The van der Waals surface area contributed by atoms with Crippen molar-refractivity contribution in [2.24, 2.45) is 11.8 Å². The molecule has 35 heavy (non-hydrogen) atoms. The average molecular weight is 495 g/mol. The maximum Gasteiger partial charge on any atom is 0.230 e. The van der Waals surface area contributed by atoms with E-state index in [1.165, 1.54) is 13.3 Å². The number of hydrogen-bond acceptors (Lipinski definition) is 4. The van der Waals surface area contributed by atoms with Crippen LogP contribution in [0.3, 0.4) is 0 Å². The molecule has 188 valence electrons. The zero-order valence-electron chi connectivity index (χ0n) is 21.2. The van der Waals surface area contributed by atoms with Crippen LogP contribution in [0.4, 0.5) is 5.69 Å². The van der Waals surface area contributed by atoms with E-state index in [9.17, 15) is 14.4 Å². The van der Waals surface area contributed by atoms with E-state index >= 15 is 0 Å². The summed E-state index contributed by atoms with van der Waals surface area (Å²) in [5.41, 5.74) is 1.78. The normalized spacial score (nSPS) is 15.0. The van der Waals surface area contributed by atoms with Crippen molar-refractivity contribution in [2.45, 2.75) is 76.7 Å². The second-order valence-corrected chi connectivity index (χ2v) is 10.9. The van der Waals surface area contributed by atoms with Gasteiger partial charge >= 0.3 is 0 Å². The minimum absolute atomic E-state index is 0.0508. The number of nitrogens with one attached hydrogen (secondary N) is 1. The largest absolute Gasteiger partial charge is 0.345 e. The van der Waals surface area contributed by atoms with Crippen LogP contribution in [-0.4, -0.2) is 29.5 Å². The number of hydrogen-bond donors (Lipinski definition) is 1. The predicted octanol–water partition coefficient (Wildman–Crippen LogP) is 6.01. The van der Waals surface area contributed by atoms with Gasteiger partial charge in [0.15, 0.2) is 0 Å². The smallest absolute Gasteiger partial charge is 0.230 e. The molecule has 1 atom stereocenters. The summed E-state index contributed by atoms with van der Waals surface area (Å²) in [7, 11) is 0. The second kappa shape index (κ2) is 13.5. The van der Waals surface area contributed by atoms with Crippen LogP contribution in [0.2, 0.25) is 0 Å². The Bertz CT molecular complexity index is 986. The summed E-state index contributed by atoms with van der Waals surface area (Å²) in [6, 6.07) is 16.7. The molecule has 0 spiro atoms. The maximum atomic E-state index is 13.6. The van der Waals surface area contributed by atoms with Gasteiger partial charge in [-0.2, -0.15) is 0 Å². The van der Waals surface area contributed by atoms with Gasteiger partial charge in [0.25, 0.3) is 0 Å². The molecule has 5 nitrogen and oxygen atoms in total. The van der Waals surface area contributed by atoms with Crippen LogP contribution in [0, 0.1) is 11.8 Å². The van der Waals surface area contributed by atoms with E-state index in [1.54, 1.807) is 0 Å². The molecule has 2 aromatic rings. The van der Waals surface area contributed by atoms with Crippen LogP contribution in [0.15, 0.2) is 59.5 Å². The molecule has 1 saturated carbocycles. The van der Waals surface area contributed by atoms with Crippen molar-refractivity contribution in [2.75, 3.05) is 11.4 Å². The molecular weight excluding hydrogens is 456 g/mol. The van der Waals surface area contributed by atoms with E-state index in [1.807, 2.05) is 59.5 Å². The number of carbonyl (C=O) groups excluding carboxylic acids is 3. The van der Waals surface area contributed by atoms with E-state index in [4.69, 9.17) is 0 Å². The lowest BCUT2D eigenvalue weighted by atomic mass is 9.88. The van der Waals surface area contributed by atoms with Crippen LogP contribution < -0.4 is 10.2 Å². The molecule has 0 aliphatic heterocycles. The summed E-state index contributed by atoms with van der Waals surface area (Å²) < 4.78 is 0. The van der Waals surface area contributed by atoms with Gasteiger partial charge in [0, 0.05) is 30.7 Å². The molecule has 0 heterocycles. The average Bonchev–Trinajstić information content (AvgIpc) is 2.85. The van der Waals surface area contributed by atoms with Crippen molar-refractivity contribution in [3.05, 3.63) is 60.2 Å². The molecule has 1 aliphatic rings. The van der Waals surface area contributed by atoms with E-state index in [2.05, 4.69) is 19.2 Å². The first kappa shape index (κ1) is 27.0. The maximum absolute atomic E-state index is 13.6. The van der Waals surface area contributed by atoms with E-state index < -0.39 is 6.04 Å². The fourth-order valence-electron chi connectivity index (χ4n) is 4.54. The van der Waals surface area contributed by atoms with Crippen molar-refractivity contribution in [1.82, 2.24) is 5.32 Å². The first-order chi connectivity index (χ1) is 16.8. The lowest BCUT2D eigenvalue weighted by Gasteiger charge is -2.31. The summed E-state index contributed by atoms with van der Waals surface area (Å²) in [6.45, 7) is 6.39. The molecule has 0 radical (unpaired) electrons. The number of nitrogens with zero attached hydrogens (tertiary/aromatic N) is 1. The Morgan fingerprint density at radius 2 is 1.63 bits per heavy atom. The molecule has 3 rings (SSSR count). The highest BCUT2D eigenvalue weighted by Crippen LogP contribution is 2.35. The van der Waals surface area contributed by atoms with Crippen molar-refractivity contribution < 1.29 is 14.4 Å². The van der Waals surface area contributed by atoms with Crippen LogP contribution >= 0.6 is 11.8 Å². The summed E-state index contributed by atoms with van der Waals surface area (Å²) >= 11 is 1.12. The topological polar surface area (TPSA) is 66.5 Å². The Balaban J connectivity index is 1.85. The third kappa shape index (κ3) is 8.24. The van der Waals surface area contributed by atoms with E-state index in [0.29, 0.717) is 18.9 Å². The molecule has 2 amide bonds. The third-order valence-electron chi connectivity index (χ3n) is 6.46. The lowest BCUT2D eigenvalue weighted by molar-refractivity contribution is -0.123. The predicted molar refractivity (Wildman–Crippen MR) is 143 cm³/mol. The fraction of sp³-hybridized carbons (Fsp3) is 0.483. The second-order valence-electron chi connectivity index (χ2n) is 9.84. The molecule has 1 fully saturated rings. The fourth-order valence-corrected chi connectivity index (χ4v) is 5.47.